The highest BCUT2D eigenvalue weighted by molar-refractivity contribution is 7.15. The summed E-state index contributed by atoms with van der Waals surface area (Å²) in [5.41, 5.74) is 2.50. The fraction of sp³-hybridized carbons (Fsp3) is 0.292. The number of rotatable bonds is 6. The molecule has 1 aliphatic rings. The Kier molecular flexibility index (Phi) is 7.54. The van der Waals surface area contributed by atoms with Gasteiger partial charge in [-0.05, 0) is 62.1 Å². The molecule has 176 valence electrons. The Bertz CT molecular complexity index is 1170. The van der Waals surface area contributed by atoms with Crippen molar-refractivity contribution in [1.82, 2.24) is 15.1 Å². The molecule has 0 unspecified atom stereocenters. The number of nitrogens with zero attached hydrogens (tertiary/aromatic N) is 3. The molecule has 34 heavy (non-hydrogen) atoms. The van der Waals surface area contributed by atoms with Crippen molar-refractivity contribution in [2.45, 2.75) is 26.2 Å². The molecule has 0 saturated carbocycles. The zero-order valence-corrected chi connectivity index (χ0v) is 20.2. The quantitative estimate of drug-likeness (QED) is 0.516. The molecule has 2 aromatic carbocycles. The molecule has 0 spiro atoms. The van der Waals surface area contributed by atoms with Crippen molar-refractivity contribution in [2.75, 3.05) is 23.7 Å². The zero-order chi connectivity index (χ0) is 24.1. The first-order valence-electron chi connectivity index (χ1n) is 10.9. The number of aromatic nitrogens is 2. The van der Waals surface area contributed by atoms with Crippen LogP contribution in [0, 0.1) is 12.8 Å². The molecule has 4 rings (SSSR count). The van der Waals surface area contributed by atoms with Crippen LogP contribution in [-0.2, 0) is 4.79 Å². The van der Waals surface area contributed by atoms with Crippen molar-refractivity contribution < 1.29 is 14.4 Å². The van der Waals surface area contributed by atoms with Crippen LogP contribution in [0.3, 0.4) is 0 Å². The maximum Gasteiger partial charge on any atom is 0.286 e. The molecule has 10 heteroatoms. The highest BCUT2D eigenvalue weighted by atomic mass is 35.5. The number of carbonyl (C=O) groups excluding carboxylic acids is 3. The Morgan fingerprint density at radius 3 is 2.21 bits per heavy atom. The summed E-state index contributed by atoms with van der Waals surface area (Å²) >= 11 is 6.82. The number of benzene rings is 2. The first-order chi connectivity index (χ1) is 16.4. The van der Waals surface area contributed by atoms with E-state index in [2.05, 4.69) is 20.8 Å². The summed E-state index contributed by atoms with van der Waals surface area (Å²) in [6, 6.07) is 14.4. The Balaban J connectivity index is 1.26. The van der Waals surface area contributed by atoms with Crippen LogP contribution in [0.2, 0.25) is 5.02 Å². The van der Waals surface area contributed by atoms with Crippen LogP contribution >= 0.6 is 22.9 Å². The normalized spacial score (nSPS) is 14.0. The molecule has 1 aromatic heterocycles. The van der Waals surface area contributed by atoms with Gasteiger partial charge in [0.05, 0.1) is 0 Å². The van der Waals surface area contributed by atoms with Gasteiger partial charge in [-0.15, -0.1) is 10.2 Å². The van der Waals surface area contributed by atoms with Gasteiger partial charge in [0.2, 0.25) is 15.9 Å². The van der Waals surface area contributed by atoms with Gasteiger partial charge in [0.25, 0.3) is 11.8 Å². The number of likely N-dealkylation sites (tertiary alicyclic amines) is 1. The van der Waals surface area contributed by atoms with Crippen LogP contribution in [-0.4, -0.2) is 45.9 Å². The van der Waals surface area contributed by atoms with Gasteiger partial charge < -0.3 is 15.5 Å². The predicted octanol–water partition coefficient (Wildman–Crippen LogP) is 4.63. The molecule has 0 radical (unpaired) electrons. The highest BCUT2D eigenvalue weighted by Crippen LogP contribution is 2.24. The molecule has 2 N–H and O–H groups in total. The summed E-state index contributed by atoms with van der Waals surface area (Å²) in [6.45, 7) is 3.07. The molecule has 8 nitrogen and oxygen atoms in total. The monoisotopic (exact) mass is 497 g/mol. The maximum absolute atomic E-state index is 12.8. The average molecular weight is 498 g/mol. The Labute approximate surface area is 206 Å². The van der Waals surface area contributed by atoms with E-state index in [0.29, 0.717) is 30.2 Å². The van der Waals surface area contributed by atoms with Gasteiger partial charge in [-0.1, -0.05) is 40.6 Å². The van der Waals surface area contributed by atoms with E-state index in [1.807, 2.05) is 31.2 Å². The van der Waals surface area contributed by atoms with Gasteiger partial charge in [0.1, 0.15) is 0 Å². The third-order valence-corrected chi connectivity index (χ3v) is 6.78. The van der Waals surface area contributed by atoms with Crippen molar-refractivity contribution >= 4 is 52.0 Å². The van der Waals surface area contributed by atoms with Crippen LogP contribution in [0.15, 0.2) is 48.5 Å². The second-order valence-corrected chi connectivity index (χ2v) is 9.64. The SMILES string of the molecule is Cc1ccc(NC(=O)CC2CCN(C(=O)c3nnc(C(=O)Nc4ccc(Cl)cc4)s3)CC2)cc1. The third-order valence-electron chi connectivity index (χ3n) is 5.62. The van der Waals surface area contributed by atoms with E-state index in [-0.39, 0.29) is 27.7 Å². The highest BCUT2D eigenvalue weighted by Gasteiger charge is 2.28. The number of aryl methyl sites for hydroxylation is 1. The Morgan fingerprint density at radius 2 is 1.53 bits per heavy atom. The predicted molar refractivity (Wildman–Crippen MR) is 132 cm³/mol. The lowest BCUT2D eigenvalue weighted by Gasteiger charge is -2.31. The number of amides is 3. The number of halogens is 1. The number of carbonyl (C=O) groups is 3. The molecule has 1 aliphatic heterocycles. The van der Waals surface area contributed by atoms with E-state index in [4.69, 9.17) is 11.6 Å². The number of hydrogen-bond acceptors (Lipinski definition) is 6. The van der Waals surface area contributed by atoms with Crippen LogP contribution in [0.25, 0.3) is 0 Å². The molecule has 1 saturated heterocycles. The van der Waals surface area contributed by atoms with Crippen molar-refractivity contribution in [2.24, 2.45) is 5.92 Å². The van der Waals surface area contributed by atoms with E-state index in [0.717, 1.165) is 35.4 Å². The topological polar surface area (TPSA) is 104 Å². The van der Waals surface area contributed by atoms with Crippen LogP contribution in [0.4, 0.5) is 11.4 Å². The smallest absolute Gasteiger partial charge is 0.286 e. The number of hydrogen-bond donors (Lipinski definition) is 2. The fourth-order valence-corrected chi connectivity index (χ4v) is 4.54. The largest absolute Gasteiger partial charge is 0.337 e. The van der Waals surface area contributed by atoms with E-state index in [1.165, 1.54) is 0 Å². The van der Waals surface area contributed by atoms with Crippen molar-refractivity contribution in [1.29, 1.82) is 0 Å². The molecule has 0 bridgehead atoms. The Hall–Kier alpha value is -3.30. The summed E-state index contributed by atoms with van der Waals surface area (Å²) in [5.74, 6) is -0.485. The second-order valence-electron chi connectivity index (χ2n) is 8.23. The summed E-state index contributed by atoms with van der Waals surface area (Å²) in [4.78, 5) is 39.3. The first-order valence-corrected chi connectivity index (χ1v) is 12.1. The van der Waals surface area contributed by atoms with Crippen molar-refractivity contribution in [3.8, 4) is 0 Å². The molecular weight excluding hydrogens is 474 g/mol. The average Bonchev–Trinajstić information content (AvgIpc) is 3.33. The van der Waals surface area contributed by atoms with Gasteiger partial charge in [-0.2, -0.15) is 0 Å². The third kappa shape index (κ3) is 6.18. The summed E-state index contributed by atoms with van der Waals surface area (Å²) in [6.07, 6.45) is 1.88. The minimum absolute atomic E-state index is 0.0194. The van der Waals surface area contributed by atoms with Crippen molar-refractivity contribution in [3.63, 3.8) is 0 Å². The van der Waals surface area contributed by atoms with Gasteiger partial charge >= 0.3 is 0 Å². The lowest BCUT2D eigenvalue weighted by Crippen LogP contribution is -2.39. The molecule has 0 aliphatic carbocycles. The van der Waals surface area contributed by atoms with Gasteiger partial charge in [-0.25, -0.2) is 0 Å². The molecular formula is C24H24ClN5O3S. The van der Waals surface area contributed by atoms with Crippen LogP contribution in [0.1, 0.15) is 44.4 Å². The second kappa shape index (κ2) is 10.8. The van der Waals surface area contributed by atoms with Crippen molar-refractivity contribution in [3.05, 3.63) is 69.1 Å². The first kappa shape index (κ1) is 23.8. The standard InChI is InChI=1S/C24H24ClN5O3S/c1-15-2-6-18(7-3-15)26-20(31)14-16-10-12-30(13-11-16)24(33)23-29-28-22(34-23)21(32)27-19-8-4-17(25)5-9-19/h2-9,16H,10-14H2,1H3,(H,26,31)(H,27,32). The number of nitrogens with one attached hydrogen (secondary N) is 2. The lowest BCUT2D eigenvalue weighted by molar-refractivity contribution is -0.117. The number of piperidine rings is 1. The van der Waals surface area contributed by atoms with Crippen LogP contribution < -0.4 is 10.6 Å². The summed E-state index contributed by atoms with van der Waals surface area (Å²) in [7, 11) is 0. The number of anilines is 2. The molecule has 0 atom stereocenters. The summed E-state index contributed by atoms with van der Waals surface area (Å²) < 4.78 is 0. The minimum Gasteiger partial charge on any atom is -0.337 e. The van der Waals surface area contributed by atoms with Gasteiger partial charge in [0.15, 0.2) is 0 Å². The lowest BCUT2D eigenvalue weighted by atomic mass is 9.93. The van der Waals surface area contributed by atoms with E-state index in [9.17, 15) is 14.4 Å². The summed E-state index contributed by atoms with van der Waals surface area (Å²) in [5, 5.41) is 14.3. The van der Waals surface area contributed by atoms with E-state index >= 15 is 0 Å². The molecule has 3 amide bonds. The van der Waals surface area contributed by atoms with Crippen LogP contribution in [0.5, 0.6) is 0 Å². The van der Waals surface area contributed by atoms with E-state index in [1.54, 1.807) is 29.2 Å². The Morgan fingerprint density at radius 1 is 0.941 bits per heavy atom. The fourth-order valence-electron chi connectivity index (χ4n) is 3.71. The molecule has 2 heterocycles. The minimum atomic E-state index is -0.433. The molecule has 3 aromatic rings. The van der Waals surface area contributed by atoms with E-state index < -0.39 is 5.91 Å². The molecule has 1 fully saturated rings. The van der Waals surface area contributed by atoms with Gasteiger partial charge in [-0.3, -0.25) is 14.4 Å². The zero-order valence-electron chi connectivity index (χ0n) is 18.6. The van der Waals surface area contributed by atoms with Gasteiger partial charge in [0, 0.05) is 35.9 Å². The maximum atomic E-state index is 12.8.